The Hall–Kier alpha value is -3.52. The monoisotopic (exact) mass is 702 g/mol. The summed E-state index contributed by atoms with van der Waals surface area (Å²) in [5, 5.41) is 8.59. The minimum Gasteiger partial charge on any atom is -0.363 e. The summed E-state index contributed by atoms with van der Waals surface area (Å²) >= 11 is 0. The molecule has 6 atom stereocenters. The molecular weight excluding hydrogens is 648 g/mol. The number of likely N-dealkylation sites (N-methyl/N-ethyl adjacent to an activating group) is 1. The summed E-state index contributed by atoms with van der Waals surface area (Å²) < 4.78 is 27.9. The fraction of sp³-hybridized carbons (Fsp3) is 0.686. The number of Topliss-reactive ketones (excluding diaryl/α,β-unsaturated/α-hetero) is 1. The van der Waals surface area contributed by atoms with E-state index in [1.807, 2.05) is 48.5 Å². The standard InChI is InChI=1S/C35H54N6O7S/c1-20(2)17-35(8,19-40(9)49(47,48)22-13-11-10-12-14-22)39-32(46)38-28(33(3,4)5)31(45)41-18-23-24(34(23,6)7)26(41)30(44)37-25(21-15-16-21)27(42)29(36)43/h10-14,20-21,23-26,28H,15-19H2,1-9H3,(H2,36,43)(H,37,44)(H2,38,39,46)/t23-,24-,25?,26-,28+,35?/m0/s1. The molecule has 2 aliphatic carbocycles. The van der Waals surface area contributed by atoms with Crippen LogP contribution in [0.2, 0.25) is 0 Å². The normalized spacial score (nSPS) is 24.0. The summed E-state index contributed by atoms with van der Waals surface area (Å²) in [5.41, 5.74) is 3.28. The first-order valence-corrected chi connectivity index (χ1v) is 18.5. The van der Waals surface area contributed by atoms with Crippen molar-refractivity contribution in [2.45, 2.75) is 103 Å². The molecule has 272 valence electrons. The van der Waals surface area contributed by atoms with Crippen LogP contribution >= 0.6 is 0 Å². The minimum absolute atomic E-state index is 0.0248. The number of primary amides is 1. The molecular formula is C35H54N6O7S. The van der Waals surface area contributed by atoms with Crippen molar-refractivity contribution in [3.05, 3.63) is 30.3 Å². The zero-order valence-corrected chi connectivity index (χ0v) is 31.0. The molecule has 4 rings (SSSR count). The van der Waals surface area contributed by atoms with Crippen molar-refractivity contribution in [2.75, 3.05) is 20.1 Å². The first-order valence-electron chi connectivity index (χ1n) is 17.1. The molecule has 3 fully saturated rings. The number of piperidine rings is 1. The minimum atomic E-state index is -3.84. The van der Waals surface area contributed by atoms with Crippen LogP contribution in [0.3, 0.4) is 0 Å². The van der Waals surface area contributed by atoms with Crippen LogP contribution in [0, 0.1) is 34.5 Å². The number of sulfonamides is 1. The van der Waals surface area contributed by atoms with E-state index in [0.29, 0.717) is 25.8 Å². The largest absolute Gasteiger partial charge is 0.363 e. The highest BCUT2D eigenvalue weighted by molar-refractivity contribution is 7.89. The van der Waals surface area contributed by atoms with E-state index in [0.717, 1.165) is 0 Å². The molecule has 2 unspecified atom stereocenters. The number of nitrogens with two attached hydrogens (primary N) is 1. The van der Waals surface area contributed by atoms with Crippen molar-refractivity contribution in [1.29, 1.82) is 0 Å². The van der Waals surface area contributed by atoms with E-state index >= 15 is 0 Å². The van der Waals surface area contributed by atoms with Gasteiger partial charge in [-0.1, -0.05) is 66.7 Å². The third-order valence-corrected chi connectivity index (χ3v) is 12.2. The predicted molar refractivity (Wildman–Crippen MR) is 184 cm³/mol. The van der Waals surface area contributed by atoms with Crippen molar-refractivity contribution in [2.24, 2.45) is 40.2 Å². The van der Waals surface area contributed by atoms with E-state index < -0.39 is 68.6 Å². The molecule has 1 heterocycles. The van der Waals surface area contributed by atoms with Gasteiger partial charge in [-0.15, -0.1) is 0 Å². The van der Waals surface area contributed by atoms with E-state index in [9.17, 15) is 32.4 Å². The number of fused-ring (bicyclic) bond motifs is 1. The zero-order chi connectivity index (χ0) is 36.9. The maximum Gasteiger partial charge on any atom is 0.315 e. The summed E-state index contributed by atoms with van der Waals surface area (Å²) in [6.07, 6.45) is 1.81. The van der Waals surface area contributed by atoms with Gasteiger partial charge in [-0.2, -0.15) is 4.31 Å². The number of nitrogens with one attached hydrogen (secondary N) is 3. The Morgan fingerprint density at radius 2 is 1.61 bits per heavy atom. The Labute approximate surface area is 290 Å². The fourth-order valence-corrected chi connectivity index (χ4v) is 9.01. The molecule has 0 bridgehead atoms. The molecule has 49 heavy (non-hydrogen) atoms. The van der Waals surface area contributed by atoms with Crippen LogP contribution < -0.4 is 21.7 Å². The molecule has 5 amide bonds. The first-order chi connectivity index (χ1) is 22.5. The second-order valence-corrected chi connectivity index (χ2v) is 18.6. The Morgan fingerprint density at radius 3 is 2.12 bits per heavy atom. The Balaban J connectivity index is 1.54. The topological polar surface area (TPSA) is 188 Å². The van der Waals surface area contributed by atoms with Crippen LogP contribution in [0.4, 0.5) is 4.79 Å². The summed E-state index contributed by atoms with van der Waals surface area (Å²) in [7, 11) is -2.37. The van der Waals surface area contributed by atoms with Gasteiger partial charge in [0.05, 0.1) is 10.4 Å². The number of urea groups is 1. The molecule has 5 N–H and O–H groups in total. The van der Waals surface area contributed by atoms with Crippen molar-refractivity contribution in [3.8, 4) is 0 Å². The average Bonchev–Trinajstić information content (AvgIpc) is 3.86. The van der Waals surface area contributed by atoms with Gasteiger partial charge >= 0.3 is 6.03 Å². The number of hydrogen-bond donors (Lipinski definition) is 4. The lowest BCUT2D eigenvalue weighted by molar-refractivity contribution is -0.145. The number of hydrogen-bond acceptors (Lipinski definition) is 7. The van der Waals surface area contributed by atoms with Crippen molar-refractivity contribution < 1.29 is 32.4 Å². The third-order valence-electron chi connectivity index (χ3n) is 10.4. The summed E-state index contributed by atoms with van der Waals surface area (Å²) in [4.78, 5) is 68.0. The molecule has 3 aliphatic rings. The fourth-order valence-electron chi connectivity index (χ4n) is 7.69. The highest BCUT2D eigenvalue weighted by Gasteiger charge is 2.70. The SMILES string of the molecule is CC(C)CC(C)(CN(C)S(=O)(=O)c1ccccc1)NC(=O)N[C@H](C(=O)N1C[C@H]2[C@@H]([C@H]1C(=O)NC(C(=O)C(N)=O)C1CC1)C2(C)C)C(C)(C)C. The highest BCUT2D eigenvalue weighted by atomic mass is 32.2. The van der Waals surface area contributed by atoms with Gasteiger partial charge in [0.1, 0.15) is 18.1 Å². The Kier molecular flexibility index (Phi) is 10.7. The smallest absolute Gasteiger partial charge is 0.315 e. The summed E-state index contributed by atoms with van der Waals surface area (Å²) in [5.74, 6) is -3.11. The zero-order valence-electron chi connectivity index (χ0n) is 30.2. The molecule has 2 saturated carbocycles. The average molecular weight is 703 g/mol. The van der Waals surface area contributed by atoms with E-state index in [4.69, 9.17) is 5.73 Å². The van der Waals surface area contributed by atoms with Crippen LogP contribution in [-0.4, -0.2) is 91.0 Å². The predicted octanol–water partition coefficient (Wildman–Crippen LogP) is 2.26. The number of carbonyl (C=O) groups is 5. The molecule has 13 nitrogen and oxygen atoms in total. The number of carbonyl (C=O) groups excluding carboxylic acids is 5. The molecule has 1 saturated heterocycles. The van der Waals surface area contributed by atoms with Gasteiger partial charge in [0.2, 0.25) is 27.6 Å². The number of nitrogens with zero attached hydrogens (tertiary/aromatic N) is 2. The number of ketones is 1. The van der Waals surface area contributed by atoms with Crippen molar-refractivity contribution in [3.63, 3.8) is 0 Å². The third kappa shape index (κ3) is 8.28. The lowest BCUT2D eigenvalue weighted by Crippen LogP contribution is -2.63. The molecule has 1 aromatic carbocycles. The quantitative estimate of drug-likeness (QED) is 0.214. The second-order valence-electron chi connectivity index (χ2n) is 16.6. The number of amides is 5. The van der Waals surface area contributed by atoms with Crippen LogP contribution in [-0.2, 0) is 29.2 Å². The van der Waals surface area contributed by atoms with Gasteiger partial charge < -0.3 is 26.6 Å². The lowest BCUT2D eigenvalue weighted by Gasteiger charge is -2.39. The summed E-state index contributed by atoms with van der Waals surface area (Å²) in [6, 6.07) is 4.44. The van der Waals surface area contributed by atoms with Gasteiger partial charge in [0, 0.05) is 20.1 Å². The number of rotatable bonds is 14. The van der Waals surface area contributed by atoms with Crippen LogP contribution in [0.1, 0.15) is 74.7 Å². The van der Waals surface area contributed by atoms with E-state index in [2.05, 4.69) is 16.0 Å². The van der Waals surface area contributed by atoms with Gasteiger partial charge in [0.25, 0.3) is 5.91 Å². The molecule has 1 aromatic rings. The maximum absolute atomic E-state index is 14.4. The van der Waals surface area contributed by atoms with E-state index in [-0.39, 0.29) is 40.5 Å². The number of likely N-dealkylation sites (tertiary alicyclic amines) is 1. The molecule has 0 spiro atoms. The van der Waals surface area contributed by atoms with E-state index in [1.165, 1.54) is 28.4 Å². The number of benzene rings is 1. The lowest BCUT2D eigenvalue weighted by atomic mass is 9.85. The summed E-state index contributed by atoms with van der Waals surface area (Å²) in [6.45, 7) is 15.5. The van der Waals surface area contributed by atoms with Gasteiger partial charge in [-0.25, -0.2) is 13.2 Å². The molecule has 0 aromatic heterocycles. The van der Waals surface area contributed by atoms with Gasteiger partial charge in [-0.3, -0.25) is 19.2 Å². The first kappa shape index (κ1) is 38.3. The Morgan fingerprint density at radius 1 is 1.02 bits per heavy atom. The highest BCUT2D eigenvalue weighted by Crippen LogP contribution is 2.65. The van der Waals surface area contributed by atoms with Gasteiger partial charge in [0.15, 0.2) is 0 Å². The van der Waals surface area contributed by atoms with Crippen LogP contribution in [0.25, 0.3) is 0 Å². The van der Waals surface area contributed by atoms with Crippen LogP contribution in [0.15, 0.2) is 35.2 Å². The van der Waals surface area contributed by atoms with Gasteiger partial charge in [-0.05, 0) is 72.8 Å². The van der Waals surface area contributed by atoms with Crippen molar-refractivity contribution >= 4 is 39.6 Å². The van der Waals surface area contributed by atoms with Crippen LogP contribution in [0.5, 0.6) is 0 Å². The molecule has 0 radical (unpaired) electrons. The molecule has 1 aliphatic heterocycles. The van der Waals surface area contributed by atoms with Crippen molar-refractivity contribution in [1.82, 2.24) is 25.2 Å². The van der Waals surface area contributed by atoms with E-state index in [1.54, 1.807) is 25.1 Å². The second kappa shape index (κ2) is 13.7. The maximum atomic E-state index is 14.4. The Bertz CT molecular complexity index is 1570. The molecule has 14 heteroatoms.